The Morgan fingerprint density at radius 1 is 0.967 bits per heavy atom. The quantitative estimate of drug-likeness (QED) is 0.556. The zero-order valence-corrected chi connectivity index (χ0v) is 16.1. The molecule has 0 bridgehead atoms. The van der Waals surface area contributed by atoms with Gasteiger partial charge in [0, 0.05) is 17.6 Å². The number of pyridine rings is 1. The Morgan fingerprint density at radius 3 is 2.53 bits per heavy atom. The molecule has 0 aliphatic heterocycles. The topological polar surface area (TPSA) is 54.0 Å². The van der Waals surface area contributed by atoms with Crippen molar-refractivity contribution in [3.8, 4) is 0 Å². The Bertz CT molecular complexity index is 1060. The van der Waals surface area contributed by atoms with E-state index in [-0.39, 0.29) is 11.6 Å². The van der Waals surface area contributed by atoms with Crippen LogP contribution in [0.4, 0.5) is 30.4 Å². The summed E-state index contributed by atoms with van der Waals surface area (Å²) in [5.41, 5.74) is 3.19. The van der Waals surface area contributed by atoms with E-state index in [0.29, 0.717) is 11.4 Å². The number of benzene rings is 2. The second-order valence-corrected chi connectivity index (χ2v) is 7.24. The zero-order valence-electron chi connectivity index (χ0n) is 16.1. The summed E-state index contributed by atoms with van der Waals surface area (Å²) in [7, 11) is 0. The van der Waals surface area contributed by atoms with Gasteiger partial charge in [-0.15, -0.1) is 0 Å². The number of nitrogens with one attached hydrogen (secondary N) is 2. The number of carbonyl (C=O) groups is 1. The van der Waals surface area contributed by atoms with Gasteiger partial charge < -0.3 is 10.6 Å². The number of fused-ring (bicyclic) bond motifs is 1. The number of alkyl halides is 3. The van der Waals surface area contributed by atoms with Gasteiger partial charge in [-0.25, -0.2) is 4.98 Å². The van der Waals surface area contributed by atoms with Crippen molar-refractivity contribution in [2.24, 2.45) is 0 Å². The van der Waals surface area contributed by atoms with Gasteiger partial charge in [-0.1, -0.05) is 18.2 Å². The molecular weight excluding hydrogens is 391 g/mol. The van der Waals surface area contributed by atoms with Gasteiger partial charge in [-0.2, -0.15) is 13.2 Å². The molecule has 0 unspecified atom stereocenters. The molecule has 1 aliphatic rings. The van der Waals surface area contributed by atoms with E-state index >= 15 is 0 Å². The molecule has 1 aliphatic carbocycles. The Hall–Kier alpha value is -3.35. The van der Waals surface area contributed by atoms with Crippen LogP contribution in [0.1, 0.15) is 39.9 Å². The Balaban J connectivity index is 1.46. The van der Waals surface area contributed by atoms with E-state index in [9.17, 15) is 18.0 Å². The molecule has 1 aromatic heterocycles. The molecular formula is C23H20F3N3O. The third kappa shape index (κ3) is 4.45. The molecule has 0 radical (unpaired) electrons. The highest BCUT2D eigenvalue weighted by molar-refractivity contribution is 6.04. The minimum Gasteiger partial charge on any atom is -0.340 e. The van der Waals surface area contributed by atoms with E-state index in [2.05, 4.69) is 21.7 Å². The number of aromatic nitrogens is 1. The zero-order chi connectivity index (χ0) is 21.1. The molecule has 2 N–H and O–H groups in total. The predicted octanol–water partition coefficient (Wildman–Crippen LogP) is 5.98. The summed E-state index contributed by atoms with van der Waals surface area (Å²) in [6, 6.07) is 14.0. The lowest BCUT2D eigenvalue weighted by molar-refractivity contribution is -0.137. The first-order valence-electron chi connectivity index (χ1n) is 9.72. The van der Waals surface area contributed by atoms with Crippen LogP contribution in [-0.2, 0) is 19.0 Å². The summed E-state index contributed by atoms with van der Waals surface area (Å²) in [6.07, 6.45) is 1.23. The van der Waals surface area contributed by atoms with Gasteiger partial charge >= 0.3 is 6.18 Å². The lowest BCUT2D eigenvalue weighted by Gasteiger charge is -2.19. The van der Waals surface area contributed by atoms with Crippen molar-refractivity contribution in [2.45, 2.75) is 31.9 Å². The molecule has 3 aromatic rings. The molecule has 4 nitrogen and oxygen atoms in total. The first kappa shape index (κ1) is 19.9. The van der Waals surface area contributed by atoms with Gasteiger partial charge in [-0.3, -0.25) is 4.79 Å². The van der Waals surface area contributed by atoms with Crippen LogP contribution in [0.25, 0.3) is 0 Å². The molecule has 1 heterocycles. The summed E-state index contributed by atoms with van der Waals surface area (Å²) in [5, 5.41) is 5.79. The van der Waals surface area contributed by atoms with Crippen LogP contribution in [-0.4, -0.2) is 10.9 Å². The van der Waals surface area contributed by atoms with E-state index in [0.717, 1.165) is 43.5 Å². The van der Waals surface area contributed by atoms with E-state index in [4.69, 9.17) is 0 Å². The molecule has 0 atom stereocenters. The van der Waals surface area contributed by atoms with E-state index in [1.807, 2.05) is 12.1 Å². The maximum absolute atomic E-state index is 12.8. The number of hydrogen-bond acceptors (Lipinski definition) is 3. The normalized spacial score (nSPS) is 13.4. The lowest BCUT2D eigenvalue weighted by Crippen LogP contribution is -2.15. The maximum Gasteiger partial charge on any atom is 0.416 e. The fourth-order valence-electron chi connectivity index (χ4n) is 3.62. The molecule has 0 saturated carbocycles. The standard InChI is InChI=1S/C23H20F3N3O/c24-23(25,26)17-7-4-8-18(13-17)28-21-12-11-16(14-27-21)22(30)29-20-10-3-6-15-5-1-2-9-19(15)20/h3-4,6-8,10-14H,1-2,5,9H2,(H,27,28)(H,29,30). The first-order valence-corrected chi connectivity index (χ1v) is 9.72. The molecule has 30 heavy (non-hydrogen) atoms. The van der Waals surface area contributed by atoms with Gasteiger partial charge in [0.05, 0.1) is 11.1 Å². The van der Waals surface area contributed by atoms with Gasteiger partial charge in [0.1, 0.15) is 5.82 Å². The number of halogens is 3. The molecule has 0 fully saturated rings. The Labute approximate surface area is 172 Å². The third-order valence-electron chi connectivity index (χ3n) is 5.13. The van der Waals surface area contributed by atoms with Crippen molar-refractivity contribution >= 4 is 23.1 Å². The number of aryl methyl sites for hydroxylation is 1. The molecule has 2 aromatic carbocycles. The highest BCUT2D eigenvalue weighted by Crippen LogP contribution is 2.31. The summed E-state index contributed by atoms with van der Waals surface area (Å²) >= 11 is 0. The molecule has 1 amide bonds. The fourth-order valence-corrected chi connectivity index (χ4v) is 3.62. The number of rotatable bonds is 4. The molecule has 4 rings (SSSR count). The van der Waals surface area contributed by atoms with Crippen LogP contribution in [0.15, 0.2) is 60.8 Å². The number of hydrogen-bond donors (Lipinski definition) is 2. The van der Waals surface area contributed by atoms with E-state index < -0.39 is 11.7 Å². The van der Waals surface area contributed by atoms with Crippen LogP contribution >= 0.6 is 0 Å². The monoisotopic (exact) mass is 411 g/mol. The molecule has 0 spiro atoms. The summed E-state index contributed by atoms with van der Waals surface area (Å²) < 4.78 is 38.5. The minimum atomic E-state index is -4.41. The molecule has 7 heteroatoms. The minimum absolute atomic E-state index is 0.269. The van der Waals surface area contributed by atoms with Crippen molar-refractivity contribution in [3.05, 3.63) is 83.0 Å². The van der Waals surface area contributed by atoms with Crippen LogP contribution < -0.4 is 10.6 Å². The fraction of sp³-hybridized carbons (Fsp3) is 0.217. The lowest BCUT2D eigenvalue weighted by atomic mass is 9.90. The number of anilines is 3. The van der Waals surface area contributed by atoms with Crippen molar-refractivity contribution in [1.82, 2.24) is 4.98 Å². The summed E-state index contributed by atoms with van der Waals surface area (Å²) in [6.45, 7) is 0. The molecule has 0 saturated heterocycles. The smallest absolute Gasteiger partial charge is 0.340 e. The van der Waals surface area contributed by atoms with Gasteiger partial charge in [0.2, 0.25) is 0 Å². The van der Waals surface area contributed by atoms with Gasteiger partial charge in [-0.05, 0) is 73.2 Å². The van der Waals surface area contributed by atoms with Crippen molar-refractivity contribution in [3.63, 3.8) is 0 Å². The maximum atomic E-state index is 12.8. The average molecular weight is 411 g/mol. The average Bonchev–Trinajstić information content (AvgIpc) is 2.74. The van der Waals surface area contributed by atoms with Crippen LogP contribution in [0.2, 0.25) is 0 Å². The van der Waals surface area contributed by atoms with E-state index in [1.165, 1.54) is 29.5 Å². The highest BCUT2D eigenvalue weighted by Gasteiger charge is 2.30. The Kier molecular flexibility index (Phi) is 5.44. The number of amides is 1. The van der Waals surface area contributed by atoms with E-state index in [1.54, 1.807) is 12.1 Å². The van der Waals surface area contributed by atoms with Crippen LogP contribution in [0, 0.1) is 0 Å². The first-order chi connectivity index (χ1) is 14.4. The summed E-state index contributed by atoms with van der Waals surface area (Å²) in [5.74, 6) is 0.0788. The van der Waals surface area contributed by atoms with Crippen LogP contribution in [0.3, 0.4) is 0 Å². The number of carbonyl (C=O) groups excluding carboxylic acids is 1. The van der Waals surface area contributed by atoms with Gasteiger partial charge in [0.15, 0.2) is 0 Å². The SMILES string of the molecule is O=C(Nc1cccc2c1CCCC2)c1ccc(Nc2cccc(C(F)(F)F)c2)nc1. The second-order valence-electron chi connectivity index (χ2n) is 7.24. The largest absolute Gasteiger partial charge is 0.416 e. The third-order valence-corrected chi connectivity index (χ3v) is 5.13. The second kappa shape index (κ2) is 8.18. The highest BCUT2D eigenvalue weighted by atomic mass is 19.4. The molecule has 154 valence electrons. The Morgan fingerprint density at radius 2 is 1.77 bits per heavy atom. The van der Waals surface area contributed by atoms with Crippen molar-refractivity contribution < 1.29 is 18.0 Å². The van der Waals surface area contributed by atoms with Crippen molar-refractivity contribution in [1.29, 1.82) is 0 Å². The predicted molar refractivity (Wildman–Crippen MR) is 110 cm³/mol. The van der Waals surface area contributed by atoms with Crippen molar-refractivity contribution in [2.75, 3.05) is 10.6 Å². The summed E-state index contributed by atoms with van der Waals surface area (Å²) in [4.78, 5) is 16.8. The van der Waals surface area contributed by atoms with Gasteiger partial charge in [0.25, 0.3) is 5.91 Å². The number of nitrogens with zero attached hydrogens (tertiary/aromatic N) is 1. The van der Waals surface area contributed by atoms with Crippen LogP contribution in [0.5, 0.6) is 0 Å².